The number of ether oxygens (including phenoxy) is 1. The van der Waals surface area contributed by atoms with E-state index in [-0.39, 0.29) is 29.6 Å². The van der Waals surface area contributed by atoms with Crippen LogP contribution in [-0.4, -0.2) is 29.2 Å². The van der Waals surface area contributed by atoms with Gasteiger partial charge in [-0.2, -0.15) is 5.26 Å². The molecule has 0 radical (unpaired) electrons. The van der Waals surface area contributed by atoms with Crippen LogP contribution in [0.15, 0.2) is 41.5 Å². The van der Waals surface area contributed by atoms with E-state index >= 15 is 4.39 Å². The summed E-state index contributed by atoms with van der Waals surface area (Å²) in [5.41, 5.74) is 2.43. The lowest BCUT2D eigenvalue weighted by Crippen LogP contribution is -2.52. The smallest absolute Gasteiger partial charge is 0.283 e. The minimum absolute atomic E-state index is 0.0692. The number of aliphatic imine (C=N–C) groups is 1. The lowest BCUT2D eigenvalue weighted by molar-refractivity contribution is 0.00403. The van der Waals surface area contributed by atoms with Crippen molar-refractivity contribution in [1.82, 2.24) is 4.98 Å². The second-order valence-corrected chi connectivity index (χ2v) is 6.70. The zero-order valence-electron chi connectivity index (χ0n) is 15.2. The number of alkyl halides is 1. The van der Waals surface area contributed by atoms with Crippen LogP contribution in [0.25, 0.3) is 0 Å². The predicted molar refractivity (Wildman–Crippen MR) is 97.7 cm³/mol. The number of hydrogen-bond donors (Lipinski definition) is 2. The van der Waals surface area contributed by atoms with Crippen molar-refractivity contribution in [2.45, 2.75) is 25.1 Å². The Morgan fingerprint density at radius 2 is 2.11 bits per heavy atom. The molecule has 0 aliphatic carbocycles. The van der Waals surface area contributed by atoms with E-state index in [9.17, 15) is 9.18 Å². The van der Waals surface area contributed by atoms with E-state index in [0.29, 0.717) is 5.56 Å². The van der Waals surface area contributed by atoms with Crippen molar-refractivity contribution >= 4 is 17.6 Å². The Bertz CT molecular complexity index is 998. The summed E-state index contributed by atoms with van der Waals surface area (Å²) in [6, 6.07) is 8.26. The topological polar surface area (TPSA) is 113 Å². The molecule has 7 nitrogen and oxygen atoms in total. The van der Waals surface area contributed by atoms with E-state index in [4.69, 9.17) is 15.7 Å². The molecule has 3 rings (SSSR count). The lowest BCUT2D eigenvalue weighted by Gasteiger charge is -2.40. The van der Waals surface area contributed by atoms with Crippen LogP contribution in [0, 0.1) is 17.1 Å². The Labute approximate surface area is 159 Å². The van der Waals surface area contributed by atoms with E-state index in [2.05, 4.69) is 15.3 Å². The molecule has 1 aromatic carbocycles. The van der Waals surface area contributed by atoms with Gasteiger partial charge in [-0.05, 0) is 44.2 Å². The van der Waals surface area contributed by atoms with Crippen molar-refractivity contribution in [3.05, 3.63) is 59.2 Å². The summed E-state index contributed by atoms with van der Waals surface area (Å²) >= 11 is 0. The summed E-state index contributed by atoms with van der Waals surface area (Å²) in [6.07, 6.45) is 1.26. The Hall–Kier alpha value is -3.54. The maximum atomic E-state index is 15.1. The molecule has 3 N–H and O–H groups in total. The monoisotopic (exact) mass is 385 g/mol. The first-order chi connectivity index (χ1) is 13.2. The van der Waals surface area contributed by atoms with Crippen LogP contribution in [0.5, 0.6) is 0 Å². The molecule has 0 fully saturated rings. The number of amidine groups is 1. The second kappa shape index (κ2) is 6.88. The van der Waals surface area contributed by atoms with Gasteiger partial charge in [0, 0.05) is 17.4 Å². The van der Waals surface area contributed by atoms with Crippen LogP contribution in [0.3, 0.4) is 0 Å². The number of pyridine rings is 1. The highest BCUT2D eigenvalue weighted by Crippen LogP contribution is 2.43. The van der Waals surface area contributed by atoms with Gasteiger partial charge >= 0.3 is 0 Å². The minimum Gasteiger partial charge on any atom is -0.462 e. The number of nitrogens with two attached hydrogens (primary N) is 1. The summed E-state index contributed by atoms with van der Waals surface area (Å²) < 4.78 is 34.6. The number of amides is 1. The largest absolute Gasteiger partial charge is 0.462 e. The van der Waals surface area contributed by atoms with Crippen LogP contribution in [0.1, 0.15) is 35.5 Å². The average molecular weight is 385 g/mol. The van der Waals surface area contributed by atoms with Gasteiger partial charge in [0.25, 0.3) is 11.9 Å². The highest BCUT2D eigenvalue weighted by atomic mass is 19.1. The number of carbonyl (C=O) groups excluding carboxylic acids is 1. The molecule has 0 saturated carbocycles. The minimum atomic E-state index is -2.03. The van der Waals surface area contributed by atoms with Crippen LogP contribution in [0.2, 0.25) is 0 Å². The number of nitriles is 1. The van der Waals surface area contributed by atoms with Gasteiger partial charge in [0.2, 0.25) is 0 Å². The number of halogens is 2. The number of hydrogen-bond acceptors (Lipinski definition) is 6. The summed E-state index contributed by atoms with van der Waals surface area (Å²) in [5, 5.41) is 11.4. The third-order valence-electron chi connectivity index (χ3n) is 4.71. The quantitative estimate of drug-likeness (QED) is 0.843. The highest BCUT2D eigenvalue weighted by molar-refractivity contribution is 6.02. The van der Waals surface area contributed by atoms with Gasteiger partial charge in [0.05, 0.1) is 5.56 Å². The van der Waals surface area contributed by atoms with Crippen molar-refractivity contribution in [2.75, 3.05) is 11.9 Å². The van der Waals surface area contributed by atoms with Crippen molar-refractivity contribution in [2.24, 2.45) is 10.7 Å². The van der Waals surface area contributed by atoms with Gasteiger partial charge in [0.1, 0.15) is 29.7 Å². The second-order valence-electron chi connectivity index (χ2n) is 6.70. The fourth-order valence-electron chi connectivity index (χ4n) is 2.83. The normalized spacial score (nSPS) is 23.9. The Morgan fingerprint density at radius 1 is 1.36 bits per heavy atom. The molecule has 0 unspecified atom stereocenters. The lowest BCUT2D eigenvalue weighted by atomic mass is 9.78. The van der Waals surface area contributed by atoms with Gasteiger partial charge in [-0.15, -0.1) is 0 Å². The first kappa shape index (κ1) is 19.2. The summed E-state index contributed by atoms with van der Waals surface area (Å²) in [5.74, 6) is -1.26. The number of aromatic nitrogens is 1. The zero-order chi connectivity index (χ0) is 20.5. The van der Waals surface area contributed by atoms with Crippen molar-refractivity contribution in [1.29, 1.82) is 5.26 Å². The molecule has 0 spiro atoms. The van der Waals surface area contributed by atoms with Gasteiger partial charge in [-0.1, -0.05) is 0 Å². The van der Waals surface area contributed by atoms with Crippen LogP contribution in [-0.2, 0) is 10.3 Å². The third kappa shape index (κ3) is 3.36. The average Bonchev–Trinajstić information content (AvgIpc) is 2.66. The zero-order valence-corrected chi connectivity index (χ0v) is 15.2. The summed E-state index contributed by atoms with van der Waals surface area (Å²) in [4.78, 5) is 20.2. The summed E-state index contributed by atoms with van der Waals surface area (Å²) in [7, 11) is 0. The molecule has 2 aromatic rings. The van der Waals surface area contributed by atoms with Crippen molar-refractivity contribution in [3.8, 4) is 6.07 Å². The summed E-state index contributed by atoms with van der Waals surface area (Å²) in [6.45, 7) is 2.27. The highest BCUT2D eigenvalue weighted by Gasteiger charge is 2.52. The molecular formula is C19H17F2N5O2. The van der Waals surface area contributed by atoms with Gasteiger partial charge in [0.15, 0.2) is 5.67 Å². The molecule has 2 heterocycles. The number of rotatable bonds is 3. The number of nitrogens with one attached hydrogen (secondary N) is 1. The van der Waals surface area contributed by atoms with Crippen LogP contribution < -0.4 is 11.1 Å². The molecule has 1 aliphatic heterocycles. The number of nitrogens with zero attached hydrogens (tertiary/aromatic N) is 3. The molecule has 1 aromatic heterocycles. The maximum absolute atomic E-state index is 15.1. The number of carbonyl (C=O) groups is 1. The third-order valence-corrected chi connectivity index (χ3v) is 4.71. The maximum Gasteiger partial charge on any atom is 0.283 e. The van der Waals surface area contributed by atoms with E-state index in [0.717, 1.165) is 6.07 Å². The van der Waals surface area contributed by atoms with E-state index < -0.39 is 22.9 Å². The number of anilines is 1. The molecular weight excluding hydrogens is 368 g/mol. The first-order valence-corrected chi connectivity index (χ1v) is 8.31. The van der Waals surface area contributed by atoms with E-state index in [1.807, 2.05) is 6.07 Å². The van der Waals surface area contributed by atoms with Gasteiger partial charge in [-0.3, -0.25) is 4.79 Å². The Balaban J connectivity index is 1.94. The standard InChI is InChI=1S/C19H17F2N5O2/c1-18(21)10-28-17(23)26-19(18,2)13-7-12(4-5-14(13)20)25-16(27)15-6-3-11(8-22)9-24-15/h3-7,9H,10H2,1-2H3,(H2,23,26)(H,25,27)/t18-,19+/m0/s1. The predicted octanol–water partition coefficient (Wildman–Crippen LogP) is 2.63. The molecule has 144 valence electrons. The SMILES string of the molecule is C[C@]1(F)COC(N)=N[C@]1(C)c1cc(NC(=O)c2ccc(C#N)cn2)ccc1F. The van der Waals surface area contributed by atoms with Gasteiger partial charge < -0.3 is 15.8 Å². The molecule has 9 heteroatoms. The first-order valence-electron chi connectivity index (χ1n) is 8.31. The van der Waals surface area contributed by atoms with Crippen LogP contribution in [0.4, 0.5) is 14.5 Å². The molecule has 1 amide bonds. The molecule has 0 saturated heterocycles. The molecule has 2 atom stereocenters. The van der Waals surface area contributed by atoms with E-state index in [1.165, 1.54) is 44.3 Å². The Kier molecular flexibility index (Phi) is 4.73. The van der Waals surface area contributed by atoms with Crippen molar-refractivity contribution < 1.29 is 18.3 Å². The fourth-order valence-corrected chi connectivity index (χ4v) is 2.83. The van der Waals surface area contributed by atoms with E-state index in [1.54, 1.807) is 0 Å². The Morgan fingerprint density at radius 3 is 2.75 bits per heavy atom. The molecule has 28 heavy (non-hydrogen) atoms. The molecule has 0 bridgehead atoms. The number of benzene rings is 1. The van der Waals surface area contributed by atoms with Crippen molar-refractivity contribution in [3.63, 3.8) is 0 Å². The molecule has 1 aliphatic rings. The van der Waals surface area contributed by atoms with Gasteiger partial charge in [-0.25, -0.2) is 18.8 Å². The van der Waals surface area contributed by atoms with Crippen LogP contribution >= 0.6 is 0 Å². The fraction of sp³-hybridized carbons (Fsp3) is 0.263.